The van der Waals surface area contributed by atoms with Gasteiger partial charge in [0.2, 0.25) is 0 Å². The lowest BCUT2D eigenvalue weighted by molar-refractivity contribution is 0.0831. The van der Waals surface area contributed by atoms with E-state index in [0.29, 0.717) is 6.07 Å². The Morgan fingerprint density at radius 1 is 1.06 bits per heavy atom. The van der Waals surface area contributed by atoms with E-state index in [9.17, 15) is 18.3 Å². The number of rotatable bonds is 3. The molecule has 0 bridgehead atoms. The molecule has 0 radical (unpaired) electrons. The summed E-state index contributed by atoms with van der Waals surface area (Å²) >= 11 is 0. The van der Waals surface area contributed by atoms with Gasteiger partial charge in [0.15, 0.2) is 11.6 Å². The molecule has 3 N–H and O–H groups in total. The molecular weight excluding hydrogens is 243 g/mol. The second-order valence-corrected chi connectivity index (χ2v) is 4.85. The third-order valence-corrected chi connectivity index (χ3v) is 3.65. The van der Waals surface area contributed by atoms with E-state index in [0.717, 1.165) is 31.7 Å². The van der Waals surface area contributed by atoms with Crippen LogP contribution >= 0.6 is 0 Å². The van der Waals surface area contributed by atoms with E-state index in [-0.39, 0.29) is 11.5 Å². The number of hydrogen-bond acceptors (Lipinski definition) is 2. The molecule has 100 valence electrons. The average molecular weight is 259 g/mol. The summed E-state index contributed by atoms with van der Waals surface area (Å²) in [6, 6.07) is 0.169. The van der Waals surface area contributed by atoms with Gasteiger partial charge in [-0.15, -0.1) is 0 Å². The number of aliphatic hydroxyl groups is 1. The van der Waals surface area contributed by atoms with E-state index in [1.54, 1.807) is 0 Å². The SMILES string of the molecule is N[C@H](c1cc(F)c(F)cc1F)[C@@H](O)C1CCCC1. The van der Waals surface area contributed by atoms with Crippen LogP contribution in [0.15, 0.2) is 12.1 Å². The zero-order valence-corrected chi connectivity index (χ0v) is 9.87. The molecule has 1 aromatic rings. The average Bonchev–Trinajstić information content (AvgIpc) is 2.85. The summed E-state index contributed by atoms with van der Waals surface area (Å²) in [7, 11) is 0. The van der Waals surface area contributed by atoms with Crippen LogP contribution in [0.2, 0.25) is 0 Å². The predicted octanol–water partition coefficient (Wildman–Crippen LogP) is 2.65. The summed E-state index contributed by atoms with van der Waals surface area (Å²) in [5.74, 6) is -3.31. The first-order valence-corrected chi connectivity index (χ1v) is 6.09. The van der Waals surface area contributed by atoms with Gasteiger partial charge in [-0.25, -0.2) is 13.2 Å². The molecule has 5 heteroatoms. The zero-order chi connectivity index (χ0) is 13.3. The number of aliphatic hydroxyl groups excluding tert-OH is 1. The minimum absolute atomic E-state index is 0.00696. The fraction of sp³-hybridized carbons (Fsp3) is 0.538. The first-order valence-electron chi connectivity index (χ1n) is 6.09. The van der Waals surface area contributed by atoms with E-state index in [1.165, 1.54) is 0 Å². The van der Waals surface area contributed by atoms with Gasteiger partial charge in [0.25, 0.3) is 0 Å². The number of benzene rings is 1. The van der Waals surface area contributed by atoms with Crippen molar-refractivity contribution in [3.8, 4) is 0 Å². The van der Waals surface area contributed by atoms with E-state index >= 15 is 0 Å². The molecular formula is C13H16F3NO. The highest BCUT2D eigenvalue weighted by molar-refractivity contribution is 5.24. The molecule has 0 unspecified atom stereocenters. The molecule has 1 fully saturated rings. The molecule has 2 nitrogen and oxygen atoms in total. The van der Waals surface area contributed by atoms with Crippen molar-refractivity contribution >= 4 is 0 Å². The maximum atomic E-state index is 13.5. The van der Waals surface area contributed by atoms with Crippen molar-refractivity contribution in [2.75, 3.05) is 0 Å². The van der Waals surface area contributed by atoms with Crippen molar-refractivity contribution in [1.82, 2.24) is 0 Å². The summed E-state index contributed by atoms with van der Waals surface area (Å²) in [4.78, 5) is 0. The van der Waals surface area contributed by atoms with Gasteiger partial charge in [-0.05, 0) is 24.8 Å². The Morgan fingerprint density at radius 3 is 2.22 bits per heavy atom. The smallest absolute Gasteiger partial charge is 0.161 e. The van der Waals surface area contributed by atoms with Crippen molar-refractivity contribution in [2.45, 2.75) is 37.8 Å². The van der Waals surface area contributed by atoms with Gasteiger partial charge >= 0.3 is 0 Å². The van der Waals surface area contributed by atoms with Gasteiger partial charge in [0, 0.05) is 11.6 Å². The molecule has 1 aliphatic carbocycles. The molecule has 18 heavy (non-hydrogen) atoms. The first-order chi connectivity index (χ1) is 8.50. The van der Waals surface area contributed by atoms with Crippen molar-refractivity contribution in [1.29, 1.82) is 0 Å². The molecule has 0 saturated heterocycles. The van der Waals surface area contributed by atoms with Gasteiger partial charge in [0.05, 0.1) is 12.1 Å². The predicted molar refractivity (Wildman–Crippen MR) is 61.2 cm³/mol. The van der Waals surface area contributed by atoms with E-state index in [4.69, 9.17) is 5.73 Å². The van der Waals surface area contributed by atoms with Crippen LogP contribution < -0.4 is 5.73 Å². The van der Waals surface area contributed by atoms with Crippen LogP contribution in [0.25, 0.3) is 0 Å². The Labute approximate surface area is 104 Å². The Balaban J connectivity index is 2.22. The van der Waals surface area contributed by atoms with Crippen molar-refractivity contribution in [3.63, 3.8) is 0 Å². The Bertz CT molecular complexity index is 432. The van der Waals surface area contributed by atoms with Crippen LogP contribution in [-0.2, 0) is 0 Å². The standard InChI is InChI=1S/C13H16F3NO/c14-9-6-11(16)10(15)5-8(9)12(17)13(18)7-3-1-2-4-7/h5-7,12-13,18H,1-4,17H2/t12-,13+/m1/s1. The molecule has 1 saturated carbocycles. The summed E-state index contributed by atoms with van der Waals surface area (Å²) in [6.45, 7) is 0. The lowest BCUT2D eigenvalue weighted by Gasteiger charge is -2.25. The van der Waals surface area contributed by atoms with Gasteiger partial charge in [-0.2, -0.15) is 0 Å². The topological polar surface area (TPSA) is 46.2 Å². The second-order valence-electron chi connectivity index (χ2n) is 4.85. The summed E-state index contributed by atoms with van der Waals surface area (Å²) in [6.07, 6.45) is 2.76. The summed E-state index contributed by atoms with van der Waals surface area (Å²) in [5, 5.41) is 10.0. The molecule has 0 amide bonds. The van der Waals surface area contributed by atoms with Gasteiger partial charge < -0.3 is 10.8 Å². The number of halogens is 3. The largest absolute Gasteiger partial charge is 0.391 e. The fourth-order valence-electron chi connectivity index (χ4n) is 2.57. The maximum absolute atomic E-state index is 13.5. The summed E-state index contributed by atoms with van der Waals surface area (Å²) in [5.41, 5.74) is 5.59. The second kappa shape index (κ2) is 5.28. The van der Waals surface area contributed by atoms with Crippen LogP contribution in [0.5, 0.6) is 0 Å². The van der Waals surface area contributed by atoms with E-state index < -0.39 is 29.6 Å². The number of nitrogens with two attached hydrogens (primary N) is 1. The maximum Gasteiger partial charge on any atom is 0.161 e. The monoisotopic (exact) mass is 259 g/mol. The van der Waals surface area contributed by atoms with Crippen molar-refractivity contribution < 1.29 is 18.3 Å². The highest BCUT2D eigenvalue weighted by atomic mass is 19.2. The van der Waals surface area contributed by atoms with E-state index in [2.05, 4.69) is 0 Å². The van der Waals surface area contributed by atoms with Gasteiger partial charge in [-0.1, -0.05) is 12.8 Å². The van der Waals surface area contributed by atoms with Crippen molar-refractivity contribution in [2.24, 2.45) is 11.7 Å². The minimum Gasteiger partial charge on any atom is -0.391 e. The highest BCUT2D eigenvalue weighted by Crippen LogP contribution is 2.33. The lowest BCUT2D eigenvalue weighted by Crippen LogP contribution is -2.32. The zero-order valence-electron chi connectivity index (χ0n) is 9.87. The molecule has 0 heterocycles. The highest BCUT2D eigenvalue weighted by Gasteiger charge is 2.30. The van der Waals surface area contributed by atoms with Gasteiger partial charge in [-0.3, -0.25) is 0 Å². The molecule has 0 spiro atoms. The van der Waals surface area contributed by atoms with E-state index in [1.807, 2.05) is 0 Å². The van der Waals surface area contributed by atoms with Gasteiger partial charge in [0.1, 0.15) is 5.82 Å². The van der Waals surface area contributed by atoms with Crippen LogP contribution in [-0.4, -0.2) is 11.2 Å². The Kier molecular flexibility index (Phi) is 3.92. The molecule has 0 aromatic heterocycles. The molecule has 1 aromatic carbocycles. The molecule has 2 rings (SSSR count). The van der Waals surface area contributed by atoms with Crippen LogP contribution in [0.1, 0.15) is 37.3 Å². The van der Waals surface area contributed by atoms with Crippen molar-refractivity contribution in [3.05, 3.63) is 35.1 Å². The number of hydrogen-bond donors (Lipinski definition) is 2. The molecule has 2 atom stereocenters. The normalized spacial score (nSPS) is 20.1. The fourth-order valence-corrected chi connectivity index (χ4v) is 2.57. The summed E-state index contributed by atoms with van der Waals surface area (Å²) < 4.78 is 39.4. The minimum atomic E-state index is -1.25. The quantitative estimate of drug-likeness (QED) is 0.820. The Hall–Kier alpha value is -1.07. The molecule has 0 aliphatic heterocycles. The third-order valence-electron chi connectivity index (χ3n) is 3.65. The van der Waals surface area contributed by atoms with Crippen LogP contribution in [0.3, 0.4) is 0 Å². The first kappa shape index (κ1) is 13.4. The lowest BCUT2D eigenvalue weighted by atomic mass is 9.90. The van der Waals surface area contributed by atoms with Crippen LogP contribution in [0.4, 0.5) is 13.2 Å². The Morgan fingerprint density at radius 2 is 1.61 bits per heavy atom. The third kappa shape index (κ3) is 2.52. The molecule has 1 aliphatic rings. The van der Waals surface area contributed by atoms with Crippen LogP contribution in [0, 0.1) is 23.4 Å².